The van der Waals surface area contributed by atoms with E-state index >= 15 is 0 Å². The molecule has 0 atom stereocenters. The zero-order valence-electron chi connectivity index (χ0n) is 19.8. The lowest BCUT2D eigenvalue weighted by atomic mass is 9.85. The van der Waals surface area contributed by atoms with Crippen molar-refractivity contribution in [3.05, 3.63) is 63.9 Å². The van der Waals surface area contributed by atoms with Gasteiger partial charge in [-0.25, -0.2) is 10.0 Å². The van der Waals surface area contributed by atoms with Crippen molar-refractivity contribution in [2.24, 2.45) is 0 Å². The van der Waals surface area contributed by atoms with Gasteiger partial charge in [0.05, 0.1) is 0 Å². The minimum atomic E-state index is -1.15. The Kier molecular flexibility index (Phi) is 6.75. The lowest BCUT2D eigenvalue weighted by Crippen LogP contribution is -2.24. The largest absolute Gasteiger partial charge is 0.507 e. The number of aromatic hydroxyl groups is 1. The summed E-state index contributed by atoms with van der Waals surface area (Å²) in [6.07, 6.45) is 1.45. The van der Waals surface area contributed by atoms with Gasteiger partial charge >= 0.3 is 0 Å². The van der Waals surface area contributed by atoms with Crippen molar-refractivity contribution in [2.75, 3.05) is 22.6 Å². The van der Waals surface area contributed by atoms with Gasteiger partial charge in [0.1, 0.15) is 11.3 Å². The number of amides is 1. The molecule has 32 heavy (non-hydrogen) atoms. The van der Waals surface area contributed by atoms with Crippen LogP contribution in [0.3, 0.4) is 0 Å². The maximum Gasteiger partial charge on any atom is 0.261 e. The standard InChI is InChI=1S/C26H34N2O3S/c1-7-32(8-2,9-3)23-14-19(26(4,5)6)21(15-22(23)29)28-25(31)18-16-27-20-13-11-10-12-17(20)24(18)30/h10-16,29H,7-9H2,1-6H3,(H,27,30)(H,28,31). The second kappa shape index (κ2) is 9.02. The Bertz CT molecular complexity index is 1200. The highest BCUT2D eigenvalue weighted by molar-refractivity contribution is 8.33. The number of phenolic OH excluding ortho intramolecular Hbond substituents is 1. The minimum Gasteiger partial charge on any atom is -0.507 e. The normalized spacial score (nSPS) is 12.7. The third-order valence-corrected chi connectivity index (χ3v) is 10.9. The number of anilines is 1. The van der Waals surface area contributed by atoms with Crippen LogP contribution in [0.15, 0.2) is 52.3 Å². The van der Waals surface area contributed by atoms with E-state index in [-0.39, 0.29) is 22.2 Å². The summed E-state index contributed by atoms with van der Waals surface area (Å²) in [5.74, 6) is 2.70. The zero-order valence-corrected chi connectivity index (χ0v) is 20.7. The molecule has 1 heterocycles. The van der Waals surface area contributed by atoms with E-state index in [1.807, 2.05) is 6.07 Å². The molecule has 5 nitrogen and oxygen atoms in total. The number of pyridine rings is 1. The fraction of sp³-hybridized carbons (Fsp3) is 0.385. The van der Waals surface area contributed by atoms with Crippen molar-refractivity contribution >= 4 is 32.5 Å². The third-order valence-electron chi connectivity index (χ3n) is 6.31. The van der Waals surface area contributed by atoms with Crippen molar-refractivity contribution in [3.63, 3.8) is 0 Å². The number of aromatic nitrogens is 1. The molecule has 0 saturated heterocycles. The summed E-state index contributed by atoms with van der Waals surface area (Å²) in [6.45, 7) is 12.8. The molecule has 0 fully saturated rings. The van der Waals surface area contributed by atoms with E-state index in [1.165, 1.54) is 6.20 Å². The molecule has 6 heteroatoms. The van der Waals surface area contributed by atoms with Crippen LogP contribution in [0.1, 0.15) is 57.5 Å². The molecule has 3 N–H and O–H groups in total. The number of benzene rings is 2. The maximum absolute atomic E-state index is 13.1. The molecule has 172 valence electrons. The van der Waals surface area contributed by atoms with Crippen molar-refractivity contribution < 1.29 is 9.90 Å². The molecular formula is C26H34N2O3S. The van der Waals surface area contributed by atoms with E-state index < -0.39 is 15.9 Å². The smallest absolute Gasteiger partial charge is 0.261 e. The summed E-state index contributed by atoms with van der Waals surface area (Å²) >= 11 is 0. The highest BCUT2D eigenvalue weighted by atomic mass is 32.3. The number of aromatic amines is 1. The summed E-state index contributed by atoms with van der Waals surface area (Å²) in [6, 6.07) is 10.8. The maximum atomic E-state index is 13.1. The number of hydrogen-bond acceptors (Lipinski definition) is 3. The number of phenols is 1. The average molecular weight is 455 g/mol. The first kappa shape index (κ1) is 23.9. The van der Waals surface area contributed by atoms with Crippen LogP contribution in [0.25, 0.3) is 10.9 Å². The van der Waals surface area contributed by atoms with Crippen molar-refractivity contribution in [2.45, 2.75) is 51.9 Å². The first-order chi connectivity index (χ1) is 15.1. The first-order valence-corrected chi connectivity index (χ1v) is 13.3. The van der Waals surface area contributed by atoms with Gasteiger partial charge in [0, 0.05) is 33.7 Å². The molecule has 0 bridgehead atoms. The Morgan fingerprint density at radius 1 is 1.06 bits per heavy atom. The number of carbonyl (C=O) groups is 1. The van der Waals surface area contributed by atoms with Gasteiger partial charge in [-0.3, -0.25) is 9.59 Å². The third kappa shape index (κ3) is 4.29. The lowest BCUT2D eigenvalue weighted by molar-refractivity contribution is 0.102. The van der Waals surface area contributed by atoms with Gasteiger partial charge < -0.3 is 15.4 Å². The van der Waals surface area contributed by atoms with E-state index in [1.54, 1.807) is 24.3 Å². The predicted octanol–water partition coefficient (Wildman–Crippen LogP) is 6.01. The van der Waals surface area contributed by atoms with Crippen LogP contribution in [0, 0.1) is 0 Å². The van der Waals surface area contributed by atoms with Gasteiger partial charge in [-0.2, -0.15) is 0 Å². The van der Waals surface area contributed by atoms with Crippen LogP contribution in [0.2, 0.25) is 0 Å². The van der Waals surface area contributed by atoms with Crippen LogP contribution >= 0.6 is 10.0 Å². The van der Waals surface area contributed by atoms with Gasteiger partial charge in [-0.15, -0.1) is 0 Å². The summed E-state index contributed by atoms with van der Waals surface area (Å²) in [7, 11) is -1.15. The first-order valence-electron chi connectivity index (χ1n) is 11.1. The van der Waals surface area contributed by atoms with Crippen LogP contribution in [0.5, 0.6) is 5.75 Å². The van der Waals surface area contributed by atoms with Gasteiger partial charge in [0.15, 0.2) is 0 Å². The summed E-state index contributed by atoms with van der Waals surface area (Å²) in [4.78, 5) is 30.0. The summed E-state index contributed by atoms with van der Waals surface area (Å²) in [5.41, 5.74) is 1.63. The van der Waals surface area contributed by atoms with Crippen LogP contribution in [-0.4, -0.2) is 33.3 Å². The van der Waals surface area contributed by atoms with Gasteiger partial charge in [0.25, 0.3) is 5.91 Å². The van der Waals surface area contributed by atoms with E-state index in [9.17, 15) is 14.7 Å². The number of nitrogens with one attached hydrogen (secondary N) is 2. The molecule has 1 aromatic heterocycles. The van der Waals surface area contributed by atoms with E-state index in [0.29, 0.717) is 16.6 Å². The molecular weight excluding hydrogens is 420 g/mol. The number of H-pyrrole nitrogens is 1. The fourth-order valence-corrected chi connectivity index (χ4v) is 7.27. The quantitative estimate of drug-likeness (QED) is 0.427. The van der Waals surface area contributed by atoms with Gasteiger partial charge in [-0.1, -0.05) is 53.7 Å². The number of hydrogen-bond donors (Lipinski definition) is 3. The minimum absolute atomic E-state index is 0.0442. The summed E-state index contributed by atoms with van der Waals surface area (Å²) < 4.78 is 0. The molecule has 0 spiro atoms. The van der Waals surface area contributed by atoms with Crippen molar-refractivity contribution in [1.29, 1.82) is 0 Å². The van der Waals surface area contributed by atoms with E-state index in [2.05, 4.69) is 57.9 Å². The van der Waals surface area contributed by atoms with Crippen LogP contribution in [-0.2, 0) is 5.41 Å². The van der Waals surface area contributed by atoms with Gasteiger partial charge in [0.2, 0.25) is 5.43 Å². The molecule has 2 aromatic carbocycles. The second-order valence-corrected chi connectivity index (χ2v) is 13.3. The van der Waals surface area contributed by atoms with Crippen LogP contribution in [0.4, 0.5) is 5.69 Å². The summed E-state index contributed by atoms with van der Waals surface area (Å²) in [5, 5.41) is 14.4. The Balaban J connectivity index is 2.10. The van der Waals surface area contributed by atoms with Crippen molar-refractivity contribution in [3.8, 4) is 5.75 Å². The van der Waals surface area contributed by atoms with Crippen LogP contribution < -0.4 is 10.7 Å². The Morgan fingerprint density at radius 2 is 1.69 bits per heavy atom. The Morgan fingerprint density at radius 3 is 2.28 bits per heavy atom. The monoisotopic (exact) mass is 454 g/mol. The SMILES string of the molecule is CCS(CC)(CC)c1cc(C(C)(C)C)c(NC(=O)c2c[nH]c3ccccc3c2=O)cc1O. The highest BCUT2D eigenvalue weighted by Gasteiger charge is 2.29. The second-order valence-electron chi connectivity index (χ2n) is 9.06. The molecule has 3 rings (SSSR count). The predicted molar refractivity (Wildman–Crippen MR) is 137 cm³/mol. The highest BCUT2D eigenvalue weighted by Crippen LogP contribution is 2.59. The molecule has 3 aromatic rings. The Hall–Kier alpha value is -2.73. The molecule has 0 aliphatic carbocycles. The average Bonchev–Trinajstić information content (AvgIpc) is 2.76. The number of para-hydroxylation sites is 1. The number of carbonyl (C=O) groups excluding carboxylic acids is 1. The van der Waals surface area contributed by atoms with Gasteiger partial charge in [-0.05, 0) is 46.4 Å². The molecule has 0 aliphatic heterocycles. The molecule has 0 aliphatic rings. The number of fused-ring (bicyclic) bond motifs is 1. The molecule has 0 radical (unpaired) electrons. The Labute approximate surface area is 191 Å². The molecule has 1 amide bonds. The fourth-order valence-electron chi connectivity index (χ4n) is 4.24. The van der Waals surface area contributed by atoms with Crippen molar-refractivity contribution in [1.82, 2.24) is 4.98 Å². The topological polar surface area (TPSA) is 82.2 Å². The molecule has 0 unspecified atom stereocenters. The van der Waals surface area contributed by atoms with E-state index in [4.69, 9.17) is 0 Å². The van der Waals surface area contributed by atoms with E-state index in [0.717, 1.165) is 27.7 Å². The lowest BCUT2D eigenvalue weighted by Gasteiger charge is -2.39. The molecule has 0 saturated carbocycles. The number of rotatable bonds is 6. The zero-order chi connectivity index (χ0) is 23.7.